The van der Waals surface area contributed by atoms with Gasteiger partial charge >= 0.3 is 0 Å². The second kappa shape index (κ2) is 5.34. The minimum atomic E-state index is -0.464. The van der Waals surface area contributed by atoms with Crippen molar-refractivity contribution in [3.05, 3.63) is 29.6 Å². The minimum Gasteiger partial charge on any atom is -0.493 e. The quantitative estimate of drug-likeness (QED) is 0.472. The molecule has 0 saturated carbocycles. The van der Waals surface area contributed by atoms with Crippen LogP contribution in [-0.4, -0.2) is 18.0 Å². The summed E-state index contributed by atoms with van der Waals surface area (Å²) in [7, 11) is 0. The predicted octanol–water partition coefficient (Wildman–Crippen LogP) is 2.67. The lowest BCUT2D eigenvalue weighted by Crippen LogP contribution is -2.06. The Balaban J connectivity index is 2.90. The van der Waals surface area contributed by atoms with E-state index in [0.29, 0.717) is 18.3 Å². The molecule has 1 N–H and O–H groups in total. The van der Waals surface area contributed by atoms with Gasteiger partial charge in [-0.05, 0) is 18.1 Å². The van der Waals surface area contributed by atoms with E-state index in [4.69, 9.17) is 9.94 Å². The van der Waals surface area contributed by atoms with Crippen molar-refractivity contribution in [3.63, 3.8) is 0 Å². The second-order valence-electron chi connectivity index (χ2n) is 3.60. The smallest absolute Gasteiger partial charge is 0.135 e. The number of rotatable bonds is 4. The van der Waals surface area contributed by atoms with Crippen LogP contribution in [0.5, 0.6) is 5.75 Å². The molecule has 0 spiro atoms. The molecule has 0 saturated heterocycles. The van der Waals surface area contributed by atoms with Crippen LogP contribution in [-0.2, 0) is 0 Å². The third kappa shape index (κ3) is 3.23. The first-order valence-electron chi connectivity index (χ1n) is 4.74. The van der Waals surface area contributed by atoms with Gasteiger partial charge in [0.15, 0.2) is 0 Å². The standard InChI is InChI=1S/C11H14FNO2/c1-8(2)7-15-11-5-3-4-10(12)9(11)6-13-14/h3-6,8,14H,7H2,1-2H3/b13-6+. The summed E-state index contributed by atoms with van der Waals surface area (Å²) in [6, 6.07) is 4.49. The summed E-state index contributed by atoms with van der Waals surface area (Å²) in [5, 5.41) is 11.2. The SMILES string of the molecule is CC(C)COc1cccc(F)c1/C=N/O. The van der Waals surface area contributed by atoms with Crippen LogP contribution >= 0.6 is 0 Å². The van der Waals surface area contributed by atoms with Crippen molar-refractivity contribution in [2.24, 2.45) is 11.1 Å². The van der Waals surface area contributed by atoms with Crippen molar-refractivity contribution in [2.45, 2.75) is 13.8 Å². The number of benzene rings is 1. The number of oxime groups is 1. The van der Waals surface area contributed by atoms with Gasteiger partial charge in [0.25, 0.3) is 0 Å². The van der Waals surface area contributed by atoms with E-state index in [1.165, 1.54) is 6.07 Å². The summed E-state index contributed by atoms with van der Waals surface area (Å²) < 4.78 is 18.7. The van der Waals surface area contributed by atoms with Gasteiger partial charge in [0.05, 0.1) is 18.4 Å². The first-order valence-corrected chi connectivity index (χ1v) is 4.74. The Morgan fingerprint density at radius 3 is 2.87 bits per heavy atom. The van der Waals surface area contributed by atoms with Crippen LogP contribution in [0.3, 0.4) is 0 Å². The summed E-state index contributed by atoms with van der Waals surface area (Å²) in [6.07, 6.45) is 1.03. The molecule has 0 bridgehead atoms. The Labute approximate surface area is 88.2 Å². The lowest BCUT2D eigenvalue weighted by atomic mass is 10.2. The van der Waals surface area contributed by atoms with Gasteiger partial charge in [-0.1, -0.05) is 25.1 Å². The zero-order chi connectivity index (χ0) is 11.3. The van der Waals surface area contributed by atoms with Crippen molar-refractivity contribution in [2.75, 3.05) is 6.61 Å². The van der Waals surface area contributed by atoms with E-state index in [9.17, 15) is 4.39 Å². The fourth-order valence-corrected chi connectivity index (χ4v) is 1.08. The molecule has 0 amide bonds. The fourth-order valence-electron chi connectivity index (χ4n) is 1.08. The minimum absolute atomic E-state index is 0.167. The molecule has 0 atom stereocenters. The molecule has 0 aliphatic carbocycles. The molecule has 1 rings (SSSR count). The maximum absolute atomic E-state index is 13.3. The Kier molecular flexibility index (Phi) is 4.09. The van der Waals surface area contributed by atoms with Gasteiger partial charge in [-0.2, -0.15) is 0 Å². The van der Waals surface area contributed by atoms with Crippen molar-refractivity contribution < 1.29 is 14.3 Å². The van der Waals surface area contributed by atoms with Crippen LogP contribution < -0.4 is 4.74 Å². The first kappa shape index (κ1) is 11.5. The number of halogens is 1. The summed E-state index contributed by atoms with van der Waals surface area (Å²) in [6.45, 7) is 4.49. The van der Waals surface area contributed by atoms with Crippen LogP contribution in [0.15, 0.2) is 23.4 Å². The summed E-state index contributed by atoms with van der Waals surface area (Å²) in [5.74, 6) is 0.280. The number of ether oxygens (including phenoxy) is 1. The normalized spacial score (nSPS) is 11.2. The van der Waals surface area contributed by atoms with Gasteiger partial charge in [0, 0.05) is 0 Å². The van der Waals surface area contributed by atoms with Crippen LogP contribution in [0.4, 0.5) is 4.39 Å². The fraction of sp³-hybridized carbons (Fsp3) is 0.364. The van der Waals surface area contributed by atoms with E-state index in [-0.39, 0.29) is 5.56 Å². The Morgan fingerprint density at radius 1 is 1.53 bits per heavy atom. The summed E-state index contributed by atoms with van der Waals surface area (Å²) >= 11 is 0. The summed E-state index contributed by atoms with van der Waals surface area (Å²) in [4.78, 5) is 0. The zero-order valence-electron chi connectivity index (χ0n) is 8.77. The molecule has 0 radical (unpaired) electrons. The van der Waals surface area contributed by atoms with E-state index < -0.39 is 5.82 Å². The Hall–Kier alpha value is -1.58. The highest BCUT2D eigenvalue weighted by Gasteiger charge is 2.08. The lowest BCUT2D eigenvalue weighted by Gasteiger charge is -2.10. The molecular weight excluding hydrogens is 197 g/mol. The molecule has 4 heteroatoms. The van der Waals surface area contributed by atoms with Gasteiger partial charge in [0.2, 0.25) is 0 Å². The number of hydrogen-bond acceptors (Lipinski definition) is 3. The molecule has 15 heavy (non-hydrogen) atoms. The Bertz CT molecular complexity index is 350. The molecule has 0 heterocycles. The summed E-state index contributed by atoms with van der Waals surface area (Å²) in [5.41, 5.74) is 0.167. The van der Waals surface area contributed by atoms with E-state index >= 15 is 0 Å². The van der Waals surface area contributed by atoms with Crippen molar-refractivity contribution in [1.29, 1.82) is 0 Å². The van der Waals surface area contributed by atoms with Crippen molar-refractivity contribution in [3.8, 4) is 5.75 Å². The average Bonchev–Trinajstić information content (AvgIpc) is 2.19. The molecule has 0 aliphatic rings. The first-order chi connectivity index (χ1) is 7.15. The molecule has 0 fully saturated rings. The number of hydrogen-bond donors (Lipinski definition) is 1. The molecular formula is C11H14FNO2. The van der Waals surface area contributed by atoms with Crippen molar-refractivity contribution in [1.82, 2.24) is 0 Å². The van der Waals surface area contributed by atoms with Gasteiger partial charge in [0.1, 0.15) is 11.6 Å². The third-order valence-corrected chi connectivity index (χ3v) is 1.77. The van der Waals surface area contributed by atoms with E-state index in [1.54, 1.807) is 12.1 Å². The molecule has 3 nitrogen and oxygen atoms in total. The van der Waals surface area contributed by atoms with Gasteiger partial charge < -0.3 is 9.94 Å². The average molecular weight is 211 g/mol. The van der Waals surface area contributed by atoms with Crippen LogP contribution in [0.2, 0.25) is 0 Å². The largest absolute Gasteiger partial charge is 0.493 e. The molecule has 1 aromatic carbocycles. The highest BCUT2D eigenvalue weighted by molar-refractivity contribution is 5.83. The molecule has 1 aromatic rings. The topological polar surface area (TPSA) is 41.8 Å². The lowest BCUT2D eigenvalue weighted by molar-refractivity contribution is 0.269. The van der Waals surface area contributed by atoms with Crippen molar-refractivity contribution >= 4 is 6.21 Å². The molecule has 82 valence electrons. The molecule has 0 unspecified atom stereocenters. The maximum atomic E-state index is 13.3. The highest BCUT2D eigenvalue weighted by Crippen LogP contribution is 2.20. The second-order valence-corrected chi connectivity index (χ2v) is 3.60. The monoisotopic (exact) mass is 211 g/mol. The maximum Gasteiger partial charge on any atom is 0.135 e. The highest BCUT2D eigenvalue weighted by atomic mass is 19.1. The third-order valence-electron chi connectivity index (χ3n) is 1.77. The van der Waals surface area contributed by atoms with E-state index in [0.717, 1.165) is 6.21 Å². The Morgan fingerprint density at radius 2 is 2.27 bits per heavy atom. The van der Waals surface area contributed by atoms with Gasteiger partial charge in [-0.3, -0.25) is 0 Å². The van der Waals surface area contributed by atoms with E-state index in [2.05, 4.69) is 5.16 Å². The van der Waals surface area contributed by atoms with Gasteiger partial charge in [-0.15, -0.1) is 0 Å². The number of nitrogens with zero attached hydrogens (tertiary/aromatic N) is 1. The van der Waals surface area contributed by atoms with E-state index in [1.807, 2.05) is 13.8 Å². The molecule has 0 aliphatic heterocycles. The zero-order valence-corrected chi connectivity index (χ0v) is 8.77. The predicted molar refractivity (Wildman–Crippen MR) is 56.1 cm³/mol. The van der Waals surface area contributed by atoms with Crippen LogP contribution in [0.25, 0.3) is 0 Å². The van der Waals surface area contributed by atoms with Crippen LogP contribution in [0.1, 0.15) is 19.4 Å². The molecule has 0 aromatic heterocycles. The van der Waals surface area contributed by atoms with Crippen LogP contribution in [0, 0.1) is 11.7 Å². The van der Waals surface area contributed by atoms with Gasteiger partial charge in [-0.25, -0.2) is 4.39 Å².